The molecule has 0 spiro atoms. The van der Waals surface area contributed by atoms with E-state index in [0.717, 1.165) is 24.1 Å². The second-order valence-corrected chi connectivity index (χ2v) is 3.70. The highest BCUT2D eigenvalue weighted by Gasteiger charge is 2.30. The molecular weight excluding hydrogens is 261 g/mol. The maximum absolute atomic E-state index is 12.1. The second kappa shape index (κ2) is 4.79. The predicted molar refractivity (Wildman–Crippen MR) is 55.5 cm³/mol. The molecule has 0 aliphatic carbocycles. The Morgan fingerprint density at radius 2 is 2.12 bits per heavy atom. The molecular formula is C9H8ClF3N2O2. The summed E-state index contributed by atoms with van der Waals surface area (Å²) in [5, 5.41) is 8.55. The first-order valence-electron chi connectivity index (χ1n) is 4.38. The Bertz CT molecular complexity index is 437. The maximum Gasteiger partial charge on any atom is 0.405 e. The van der Waals surface area contributed by atoms with Gasteiger partial charge in [0.1, 0.15) is 17.5 Å². The summed E-state index contributed by atoms with van der Waals surface area (Å²) in [5.74, 6) is -1.43. The van der Waals surface area contributed by atoms with Gasteiger partial charge in [0.25, 0.3) is 0 Å². The van der Waals surface area contributed by atoms with Gasteiger partial charge in [-0.25, -0.2) is 9.78 Å². The lowest BCUT2D eigenvalue weighted by atomic mass is 10.2. The number of carboxylic acids is 1. The number of alkyl halides is 3. The lowest BCUT2D eigenvalue weighted by Gasteiger charge is -2.20. The fourth-order valence-corrected chi connectivity index (χ4v) is 1.36. The molecule has 1 rings (SSSR count). The zero-order chi connectivity index (χ0) is 13.2. The van der Waals surface area contributed by atoms with E-state index in [9.17, 15) is 18.0 Å². The number of hydrogen-bond donors (Lipinski definition) is 1. The van der Waals surface area contributed by atoms with Crippen LogP contribution < -0.4 is 4.90 Å². The summed E-state index contributed by atoms with van der Waals surface area (Å²) < 4.78 is 36.4. The average Bonchev–Trinajstić information content (AvgIpc) is 2.13. The SMILES string of the molecule is CN(CC(F)(F)F)c1cc(C(=O)O)cc(Cl)n1. The van der Waals surface area contributed by atoms with E-state index in [2.05, 4.69) is 4.98 Å². The molecule has 0 saturated carbocycles. The molecule has 0 atom stereocenters. The third-order valence-electron chi connectivity index (χ3n) is 1.84. The van der Waals surface area contributed by atoms with Gasteiger partial charge in [-0.1, -0.05) is 11.6 Å². The molecule has 0 saturated heterocycles. The Hall–Kier alpha value is -1.50. The largest absolute Gasteiger partial charge is 0.478 e. The quantitative estimate of drug-likeness (QED) is 0.856. The number of carboxylic acid groups (broad SMARTS) is 1. The molecule has 0 amide bonds. The fourth-order valence-electron chi connectivity index (χ4n) is 1.15. The van der Waals surface area contributed by atoms with Crippen LogP contribution in [0.1, 0.15) is 10.4 Å². The molecule has 0 fully saturated rings. The first-order chi connectivity index (χ1) is 7.69. The van der Waals surface area contributed by atoms with E-state index in [0.29, 0.717) is 0 Å². The molecule has 0 aromatic carbocycles. The number of nitrogens with zero attached hydrogens (tertiary/aromatic N) is 2. The third-order valence-corrected chi connectivity index (χ3v) is 2.03. The molecule has 17 heavy (non-hydrogen) atoms. The third kappa shape index (κ3) is 4.10. The number of hydrogen-bond acceptors (Lipinski definition) is 3. The fraction of sp³-hybridized carbons (Fsp3) is 0.333. The van der Waals surface area contributed by atoms with Gasteiger partial charge in [0.2, 0.25) is 0 Å². The molecule has 94 valence electrons. The Labute approximate surface area is 99.6 Å². The van der Waals surface area contributed by atoms with Crippen molar-refractivity contribution in [3.05, 3.63) is 22.8 Å². The number of rotatable bonds is 3. The lowest BCUT2D eigenvalue weighted by molar-refractivity contribution is -0.119. The Morgan fingerprint density at radius 1 is 1.53 bits per heavy atom. The van der Waals surface area contributed by atoms with E-state index in [1.807, 2.05) is 0 Å². The van der Waals surface area contributed by atoms with Crippen molar-refractivity contribution < 1.29 is 23.1 Å². The first-order valence-corrected chi connectivity index (χ1v) is 4.75. The lowest BCUT2D eigenvalue weighted by Crippen LogP contribution is -2.31. The minimum Gasteiger partial charge on any atom is -0.478 e. The van der Waals surface area contributed by atoms with Crippen LogP contribution in [0.3, 0.4) is 0 Å². The summed E-state index contributed by atoms with van der Waals surface area (Å²) in [4.78, 5) is 15.1. The number of aromatic nitrogens is 1. The highest BCUT2D eigenvalue weighted by molar-refractivity contribution is 6.29. The Morgan fingerprint density at radius 3 is 2.59 bits per heavy atom. The van der Waals surface area contributed by atoms with Gasteiger partial charge in [-0.15, -0.1) is 0 Å². The van der Waals surface area contributed by atoms with Crippen LogP contribution in [0, 0.1) is 0 Å². The van der Waals surface area contributed by atoms with Crippen LogP contribution in [0.15, 0.2) is 12.1 Å². The summed E-state index contributed by atoms with van der Waals surface area (Å²) in [7, 11) is 1.15. The van der Waals surface area contributed by atoms with Crippen LogP contribution in [-0.2, 0) is 0 Å². The zero-order valence-electron chi connectivity index (χ0n) is 8.62. The average molecular weight is 269 g/mol. The van der Waals surface area contributed by atoms with Crippen molar-refractivity contribution in [2.45, 2.75) is 6.18 Å². The van der Waals surface area contributed by atoms with Crippen molar-refractivity contribution in [2.24, 2.45) is 0 Å². The minimum atomic E-state index is -4.40. The number of pyridine rings is 1. The van der Waals surface area contributed by atoms with Crippen LogP contribution >= 0.6 is 11.6 Å². The van der Waals surface area contributed by atoms with Gasteiger partial charge in [-0.05, 0) is 12.1 Å². The molecule has 0 bridgehead atoms. The van der Waals surface area contributed by atoms with E-state index in [1.165, 1.54) is 0 Å². The summed E-state index contributed by atoms with van der Waals surface area (Å²) in [6.07, 6.45) is -4.40. The monoisotopic (exact) mass is 268 g/mol. The Balaban J connectivity index is 3.01. The van der Waals surface area contributed by atoms with Crippen molar-refractivity contribution in [1.29, 1.82) is 0 Å². The summed E-state index contributed by atoms with van der Waals surface area (Å²) in [6, 6.07) is 2.09. The van der Waals surface area contributed by atoms with E-state index in [-0.39, 0.29) is 16.5 Å². The van der Waals surface area contributed by atoms with Gasteiger partial charge < -0.3 is 10.0 Å². The molecule has 1 heterocycles. The molecule has 0 radical (unpaired) electrons. The molecule has 4 nitrogen and oxygen atoms in total. The van der Waals surface area contributed by atoms with E-state index in [4.69, 9.17) is 16.7 Å². The van der Waals surface area contributed by atoms with Gasteiger partial charge in [0.15, 0.2) is 0 Å². The molecule has 8 heteroatoms. The normalized spacial score (nSPS) is 11.4. The highest BCUT2D eigenvalue weighted by atomic mass is 35.5. The number of halogens is 4. The molecule has 1 aromatic rings. The van der Waals surface area contributed by atoms with Crippen molar-refractivity contribution in [3.63, 3.8) is 0 Å². The number of aromatic carboxylic acids is 1. The van der Waals surface area contributed by atoms with Gasteiger partial charge in [-0.3, -0.25) is 0 Å². The van der Waals surface area contributed by atoms with Crippen molar-refractivity contribution in [2.75, 3.05) is 18.5 Å². The minimum absolute atomic E-state index is 0.146. The topological polar surface area (TPSA) is 53.4 Å². The van der Waals surface area contributed by atoms with Crippen LogP contribution in [0.4, 0.5) is 19.0 Å². The number of carbonyl (C=O) groups is 1. The van der Waals surface area contributed by atoms with Gasteiger partial charge in [0, 0.05) is 7.05 Å². The van der Waals surface area contributed by atoms with Crippen molar-refractivity contribution in [3.8, 4) is 0 Å². The van der Waals surface area contributed by atoms with Gasteiger partial charge in [-0.2, -0.15) is 13.2 Å². The predicted octanol–water partition coefficient (Wildman–Crippen LogP) is 2.43. The molecule has 1 aromatic heterocycles. The van der Waals surface area contributed by atoms with Crippen LogP contribution in [0.5, 0.6) is 0 Å². The van der Waals surface area contributed by atoms with Gasteiger partial charge >= 0.3 is 12.1 Å². The van der Waals surface area contributed by atoms with Gasteiger partial charge in [0.05, 0.1) is 5.56 Å². The van der Waals surface area contributed by atoms with Crippen LogP contribution in [-0.4, -0.2) is 35.8 Å². The maximum atomic E-state index is 12.1. The molecule has 1 N–H and O–H groups in total. The summed E-state index contributed by atoms with van der Waals surface area (Å²) >= 11 is 5.53. The second-order valence-electron chi connectivity index (χ2n) is 3.31. The van der Waals surface area contributed by atoms with Crippen molar-refractivity contribution >= 4 is 23.4 Å². The zero-order valence-corrected chi connectivity index (χ0v) is 9.38. The molecule has 0 unspecified atom stereocenters. The first kappa shape index (κ1) is 13.6. The highest BCUT2D eigenvalue weighted by Crippen LogP contribution is 2.22. The number of anilines is 1. The molecule has 0 aliphatic heterocycles. The molecule has 0 aliphatic rings. The summed E-state index contributed by atoms with van der Waals surface area (Å²) in [5.41, 5.74) is -0.214. The van der Waals surface area contributed by atoms with Crippen molar-refractivity contribution in [1.82, 2.24) is 4.98 Å². The standard InChI is InChI=1S/C9H8ClF3N2O2/c1-15(4-9(11,12)13)7-3-5(8(16)17)2-6(10)14-7/h2-3H,4H2,1H3,(H,16,17). The smallest absolute Gasteiger partial charge is 0.405 e. The van der Waals surface area contributed by atoms with E-state index >= 15 is 0 Å². The Kier molecular flexibility index (Phi) is 3.82. The van der Waals surface area contributed by atoms with Crippen LogP contribution in [0.2, 0.25) is 5.15 Å². The summed E-state index contributed by atoms with van der Waals surface area (Å²) in [6.45, 7) is -1.24. The van der Waals surface area contributed by atoms with E-state index < -0.39 is 18.7 Å². The van der Waals surface area contributed by atoms with Crippen LogP contribution in [0.25, 0.3) is 0 Å². The van der Waals surface area contributed by atoms with E-state index in [1.54, 1.807) is 0 Å².